The molecule has 2 N–H and O–H groups in total. The SMILES string of the molecule is Cc1cc(C)c(C(N)C2C3CC4CC(C3)CC2C4)s1. The highest BCUT2D eigenvalue weighted by Gasteiger charge is 2.50. The van der Waals surface area contributed by atoms with E-state index in [0.717, 1.165) is 29.6 Å². The lowest BCUT2D eigenvalue weighted by atomic mass is 9.50. The maximum atomic E-state index is 6.74. The summed E-state index contributed by atoms with van der Waals surface area (Å²) < 4.78 is 0. The van der Waals surface area contributed by atoms with Crippen molar-refractivity contribution in [2.45, 2.75) is 52.0 Å². The lowest BCUT2D eigenvalue weighted by Crippen LogP contribution is -2.48. The van der Waals surface area contributed by atoms with Crippen molar-refractivity contribution in [3.8, 4) is 0 Å². The molecule has 4 bridgehead atoms. The first-order chi connectivity index (χ1) is 9.11. The summed E-state index contributed by atoms with van der Waals surface area (Å²) in [6.07, 6.45) is 7.46. The molecule has 2 heteroatoms. The van der Waals surface area contributed by atoms with Crippen LogP contribution in [0.5, 0.6) is 0 Å². The van der Waals surface area contributed by atoms with E-state index < -0.39 is 0 Å². The van der Waals surface area contributed by atoms with Gasteiger partial charge in [-0.3, -0.25) is 0 Å². The van der Waals surface area contributed by atoms with E-state index in [2.05, 4.69) is 19.9 Å². The predicted octanol–water partition coefficient (Wildman–Crippen LogP) is 4.44. The molecule has 104 valence electrons. The molecule has 1 nitrogen and oxygen atoms in total. The molecule has 4 aliphatic carbocycles. The van der Waals surface area contributed by atoms with E-state index in [-0.39, 0.29) is 0 Å². The molecule has 19 heavy (non-hydrogen) atoms. The van der Waals surface area contributed by atoms with Crippen LogP contribution in [0.1, 0.15) is 53.5 Å². The van der Waals surface area contributed by atoms with Gasteiger partial charge in [0.05, 0.1) is 0 Å². The predicted molar refractivity (Wildman–Crippen MR) is 81.3 cm³/mol. The molecule has 0 aliphatic heterocycles. The minimum absolute atomic E-state index is 0.314. The second-order valence-electron chi connectivity index (χ2n) is 7.44. The second-order valence-corrected chi connectivity index (χ2v) is 8.73. The Morgan fingerprint density at radius 3 is 2.11 bits per heavy atom. The molecule has 1 unspecified atom stereocenters. The third-order valence-electron chi connectivity index (χ3n) is 6.10. The Bertz CT molecular complexity index is 461. The quantitative estimate of drug-likeness (QED) is 0.848. The summed E-state index contributed by atoms with van der Waals surface area (Å²) in [5.74, 6) is 4.76. The third kappa shape index (κ3) is 1.91. The van der Waals surface area contributed by atoms with Gasteiger partial charge in [0.2, 0.25) is 0 Å². The fourth-order valence-corrected chi connectivity index (χ4v) is 6.81. The molecular weight excluding hydrogens is 250 g/mol. The first-order valence-electron chi connectivity index (χ1n) is 7.94. The van der Waals surface area contributed by atoms with Crippen LogP contribution in [-0.2, 0) is 0 Å². The van der Waals surface area contributed by atoms with Crippen LogP contribution in [0.2, 0.25) is 0 Å². The van der Waals surface area contributed by atoms with Crippen LogP contribution in [0.15, 0.2) is 6.07 Å². The highest BCUT2D eigenvalue weighted by atomic mass is 32.1. The van der Waals surface area contributed by atoms with Gasteiger partial charge < -0.3 is 5.73 Å². The van der Waals surface area contributed by atoms with Crippen molar-refractivity contribution in [1.82, 2.24) is 0 Å². The smallest absolute Gasteiger partial charge is 0.0426 e. The third-order valence-corrected chi connectivity index (χ3v) is 7.35. The Morgan fingerprint density at radius 2 is 1.63 bits per heavy atom. The average Bonchev–Trinajstić information content (AvgIpc) is 2.66. The number of hydrogen-bond donors (Lipinski definition) is 1. The van der Waals surface area contributed by atoms with Gasteiger partial charge in [-0.25, -0.2) is 0 Å². The fourth-order valence-electron chi connectivity index (χ4n) is 5.72. The van der Waals surface area contributed by atoms with Crippen LogP contribution in [0, 0.1) is 43.4 Å². The fraction of sp³-hybridized carbons (Fsp3) is 0.765. The molecular formula is C17H25NS. The van der Waals surface area contributed by atoms with Gasteiger partial charge >= 0.3 is 0 Å². The maximum Gasteiger partial charge on any atom is 0.0426 e. The van der Waals surface area contributed by atoms with E-state index in [1.165, 1.54) is 47.4 Å². The maximum absolute atomic E-state index is 6.74. The molecule has 4 aliphatic rings. The van der Waals surface area contributed by atoms with Gasteiger partial charge in [-0.2, -0.15) is 0 Å². The van der Waals surface area contributed by atoms with E-state index in [9.17, 15) is 0 Å². The van der Waals surface area contributed by atoms with Crippen LogP contribution < -0.4 is 5.73 Å². The van der Waals surface area contributed by atoms with Crippen molar-refractivity contribution < 1.29 is 0 Å². The van der Waals surface area contributed by atoms with Gasteiger partial charge in [0, 0.05) is 15.8 Å². The highest BCUT2D eigenvalue weighted by Crippen LogP contribution is 2.59. The monoisotopic (exact) mass is 275 g/mol. The number of hydrogen-bond acceptors (Lipinski definition) is 2. The first kappa shape index (κ1) is 12.4. The van der Waals surface area contributed by atoms with E-state index in [1.807, 2.05) is 11.3 Å². The average molecular weight is 275 g/mol. The van der Waals surface area contributed by atoms with E-state index in [4.69, 9.17) is 5.73 Å². The molecule has 5 rings (SSSR count). The molecule has 4 fully saturated rings. The Balaban J connectivity index is 1.63. The van der Waals surface area contributed by atoms with Crippen molar-refractivity contribution in [3.63, 3.8) is 0 Å². The Kier molecular flexibility index (Phi) is 2.82. The minimum atomic E-state index is 0.314. The van der Waals surface area contributed by atoms with Gasteiger partial charge in [0.25, 0.3) is 0 Å². The number of nitrogens with two attached hydrogens (primary N) is 1. The van der Waals surface area contributed by atoms with Gasteiger partial charge in [-0.15, -0.1) is 11.3 Å². The molecule has 1 aromatic rings. The topological polar surface area (TPSA) is 26.0 Å². The Labute approximate surface area is 120 Å². The van der Waals surface area contributed by atoms with Crippen LogP contribution in [-0.4, -0.2) is 0 Å². The zero-order valence-corrected chi connectivity index (χ0v) is 12.9. The van der Waals surface area contributed by atoms with E-state index in [0.29, 0.717) is 6.04 Å². The standard InChI is InChI=1S/C17H25NS/c1-9-3-10(2)19-17(9)16(18)15-13-5-11-4-12(7-13)8-14(15)6-11/h3,11-16H,4-8,18H2,1-2H3. The summed E-state index contributed by atoms with van der Waals surface area (Å²) in [4.78, 5) is 2.90. The van der Waals surface area contributed by atoms with Crippen molar-refractivity contribution in [2.24, 2.45) is 35.3 Å². The zero-order chi connectivity index (χ0) is 13.1. The summed E-state index contributed by atoms with van der Waals surface area (Å²) in [7, 11) is 0. The Morgan fingerprint density at radius 1 is 1.05 bits per heavy atom. The van der Waals surface area contributed by atoms with Crippen LogP contribution in [0.4, 0.5) is 0 Å². The summed E-state index contributed by atoms with van der Waals surface area (Å²) in [5.41, 5.74) is 8.18. The van der Waals surface area contributed by atoms with Crippen molar-refractivity contribution in [1.29, 1.82) is 0 Å². The lowest BCUT2D eigenvalue weighted by Gasteiger charge is -2.56. The van der Waals surface area contributed by atoms with Gasteiger partial charge in [-0.05, 0) is 87.2 Å². The largest absolute Gasteiger partial charge is 0.323 e. The molecule has 0 spiro atoms. The van der Waals surface area contributed by atoms with Gasteiger partial charge in [-0.1, -0.05) is 0 Å². The molecule has 1 atom stereocenters. The van der Waals surface area contributed by atoms with Crippen LogP contribution in [0.25, 0.3) is 0 Å². The summed E-state index contributed by atoms with van der Waals surface area (Å²) in [6.45, 7) is 4.46. The minimum Gasteiger partial charge on any atom is -0.323 e. The van der Waals surface area contributed by atoms with Gasteiger partial charge in [0.15, 0.2) is 0 Å². The van der Waals surface area contributed by atoms with Crippen LogP contribution in [0.3, 0.4) is 0 Å². The molecule has 0 saturated heterocycles. The molecule has 0 aromatic carbocycles. The second kappa shape index (κ2) is 4.33. The molecule has 0 radical (unpaired) electrons. The van der Waals surface area contributed by atoms with Crippen LogP contribution >= 0.6 is 11.3 Å². The first-order valence-corrected chi connectivity index (χ1v) is 8.76. The zero-order valence-electron chi connectivity index (χ0n) is 12.1. The number of aryl methyl sites for hydroxylation is 2. The van der Waals surface area contributed by atoms with Crippen molar-refractivity contribution >= 4 is 11.3 Å². The van der Waals surface area contributed by atoms with Crippen molar-refractivity contribution in [3.05, 3.63) is 21.4 Å². The molecule has 1 aromatic heterocycles. The summed E-state index contributed by atoms with van der Waals surface area (Å²) in [6, 6.07) is 2.63. The normalized spacial score (nSPS) is 41.7. The van der Waals surface area contributed by atoms with E-state index in [1.54, 1.807) is 0 Å². The van der Waals surface area contributed by atoms with E-state index >= 15 is 0 Å². The molecule has 1 heterocycles. The Hall–Kier alpha value is -0.340. The lowest BCUT2D eigenvalue weighted by molar-refractivity contribution is -0.0467. The summed E-state index contributed by atoms with van der Waals surface area (Å²) in [5, 5.41) is 0. The number of thiophene rings is 1. The summed E-state index contributed by atoms with van der Waals surface area (Å²) >= 11 is 1.94. The van der Waals surface area contributed by atoms with Gasteiger partial charge in [0.1, 0.15) is 0 Å². The molecule has 0 amide bonds. The van der Waals surface area contributed by atoms with Crippen molar-refractivity contribution in [2.75, 3.05) is 0 Å². The highest BCUT2D eigenvalue weighted by molar-refractivity contribution is 7.12. The molecule has 4 saturated carbocycles. The number of rotatable bonds is 2.